The molecule has 0 saturated carbocycles. The van der Waals surface area contributed by atoms with Crippen molar-refractivity contribution in [2.45, 2.75) is 33.6 Å². The van der Waals surface area contributed by atoms with E-state index in [9.17, 15) is 9.59 Å². The summed E-state index contributed by atoms with van der Waals surface area (Å²) in [5, 5.41) is 2.85. The highest BCUT2D eigenvalue weighted by atomic mass is 16.2. The summed E-state index contributed by atoms with van der Waals surface area (Å²) in [6.45, 7) is 6.01. The molecule has 0 saturated heterocycles. The van der Waals surface area contributed by atoms with E-state index < -0.39 is 0 Å². The molecule has 0 radical (unpaired) electrons. The van der Waals surface area contributed by atoms with Gasteiger partial charge in [-0.3, -0.25) is 9.59 Å². The van der Waals surface area contributed by atoms with E-state index in [0.717, 1.165) is 23.2 Å². The Bertz CT molecular complexity index is 469. The van der Waals surface area contributed by atoms with E-state index in [0.29, 0.717) is 6.42 Å². The second-order valence-corrected chi connectivity index (χ2v) is 4.80. The molecule has 104 valence electrons. The average Bonchev–Trinajstić information content (AvgIpc) is 2.35. The number of aryl methyl sites for hydroxylation is 1. The van der Waals surface area contributed by atoms with Crippen LogP contribution in [0.2, 0.25) is 0 Å². The largest absolute Gasteiger partial charge is 0.336 e. The van der Waals surface area contributed by atoms with Crippen molar-refractivity contribution in [2.75, 3.05) is 18.9 Å². The van der Waals surface area contributed by atoms with Gasteiger partial charge in [-0.2, -0.15) is 0 Å². The molecule has 1 rings (SSSR count). The molecule has 1 aromatic carbocycles. The standard InChI is InChI=1S/C15H22N2O2/c1-5-7-15(19)17(4)10-14(18)16-13-9-6-8-11(2)12(13)3/h6,8-9H,5,7,10H2,1-4H3,(H,16,18). The number of anilines is 1. The molecule has 0 fully saturated rings. The van der Waals surface area contributed by atoms with Crippen molar-refractivity contribution >= 4 is 17.5 Å². The van der Waals surface area contributed by atoms with E-state index in [4.69, 9.17) is 0 Å². The topological polar surface area (TPSA) is 49.4 Å². The van der Waals surface area contributed by atoms with Gasteiger partial charge >= 0.3 is 0 Å². The predicted molar refractivity (Wildman–Crippen MR) is 77.1 cm³/mol. The van der Waals surface area contributed by atoms with Crippen LogP contribution < -0.4 is 5.32 Å². The Hall–Kier alpha value is -1.84. The molecule has 1 aromatic rings. The first-order chi connectivity index (χ1) is 8.95. The summed E-state index contributed by atoms with van der Waals surface area (Å²) in [5.74, 6) is -0.167. The van der Waals surface area contributed by atoms with Crippen LogP contribution in [0.15, 0.2) is 18.2 Å². The van der Waals surface area contributed by atoms with E-state index in [-0.39, 0.29) is 18.4 Å². The molecular formula is C15H22N2O2. The molecule has 4 nitrogen and oxygen atoms in total. The highest BCUT2D eigenvalue weighted by molar-refractivity contribution is 5.95. The van der Waals surface area contributed by atoms with Crippen molar-refractivity contribution in [1.82, 2.24) is 4.90 Å². The van der Waals surface area contributed by atoms with Crippen molar-refractivity contribution in [3.8, 4) is 0 Å². The van der Waals surface area contributed by atoms with Crippen LogP contribution >= 0.6 is 0 Å². The van der Waals surface area contributed by atoms with Gasteiger partial charge in [0, 0.05) is 19.2 Å². The van der Waals surface area contributed by atoms with E-state index >= 15 is 0 Å². The highest BCUT2D eigenvalue weighted by Gasteiger charge is 2.12. The lowest BCUT2D eigenvalue weighted by atomic mass is 10.1. The summed E-state index contributed by atoms with van der Waals surface area (Å²) >= 11 is 0. The minimum absolute atomic E-state index is 0.00128. The summed E-state index contributed by atoms with van der Waals surface area (Å²) in [6, 6.07) is 5.78. The van der Waals surface area contributed by atoms with Crippen LogP contribution in [0.1, 0.15) is 30.9 Å². The van der Waals surface area contributed by atoms with Crippen LogP contribution in [0.4, 0.5) is 5.69 Å². The lowest BCUT2D eigenvalue weighted by Gasteiger charge is -2.17. The number of amides is 2. The van der Waals surface area contributed by atoms with Gasteiger partial charge in [0.25, 0.3) is 0 Å². The molecule has 4 heteroatoms. The molecule has 19 heavy (non-hydrogen) atoms. The number of benzene rings is 1. The third-order valence-electron chi connectivity index (χ3n) is 3.15. The molecule has 0 aliphatic carbocycles. The molecule has 0 aliphatic rings. The second kappa shape index (κ2) is 6.92. The van der Waals surface area contributed by atoms with Gasteiger partial charge in [-0.15, -0.1) is 0 Å². The Morgan fingerprint density at radius 1 is 1.26 bits per heavy atom. The first-order valence-corrected chi connectivity index (χ1v) is 6.55. The normalized spacial score (nSPS) is 10.1. The van der Waals surface area contributed by atoms with Gasteiger partial charge in [0.2, 0.25) is 11.8 Å². The van der Waals surface area contributed by atoms with Crippen molar-refractivity contribution < 1.29 is 9.59 Å². The zero-order valence-electron chi connectivity index (χ0n) is 12.1. The number of hydrogen-bond donors (Lipinski definition) is 1. The van der Waals surface area contributed by atoms with Crippen LogP contribution in [0, 0.1) is 13.8 Å². The number of rotatable bonds is 5. The van der Waals surface area contributed by atoms with Gasteiger partial charge < -0.3 is 10.2 Å². The Balaban J connectivity index is 2.60. The van der Waals surface area contributed by atoms with Gasteiger partial charge in [-0.1, -0.05) is 19.1 Å². The summed E-state index contributed by atoms with van der Waals surface area (Å²) in [7, 11) is 1.65. The predicted octanol–water partition coefficient (Wildman–Crippen LogP) is 2.50. The third kappa shape index (κ3) is 4.39. The average molecular weight is 262 g/mol. The number of carbonyl (C=O) groups excluding carboxylic acids is 2. The van der Waals surface area contributed by atoms with E-state index in [1.165, 1.54) is 4.90 Å². The molecule has 1 N–H and O–H groups in total. The Kier molecular flexibility index (Phi) is 5.55. The fourth-order valence-corrected chi connectivity index (χ4v) is 1.78. The molecular weight excluding hydrogens is 240 g/mol. The quantitative estimate of drug-likeness (QED) is 0.886. The van der Waals surface area contributed by atoms with Crippen molar-refractivity contribution in [3.05, 3.63) is 29.3 Å². The maximum atomic E-state index is 11.9. The van der Waals surface area contributed by atoms with Crippen LogP contribution in [0.3, 0.4) is 0 Å². The molecule has 0 bridgehead atoms. The molecule has 0 spiro atoms. The third-order valence-corrected chi connectivity index (χ3v) is 3.15. The number of hydrogen-bond acceptors (Lipinski definition) is 2. The van der Waals surface area contributed by atoms with E-state index in [1.807, 2.05) is 39.0 Å². The van der Waals surface area contributed by atoms with Crippen LogP contribution in [-0.2, 0) is 9.59 Å². The van der Waals surface area contributed by atoms with Crippen molar-refractivity contribution in [2.24, 2.45) is 0 Å². The molecule has 0 atom stereocenters. The minimum atomic E-state index is -0.166. The smallest absolute Gasteiger partial charge is 0.243 e. The maximum absolute atomic E-state index is 11.9. The first-order valence-electron chi connectivity index (χ1n) is 6.55. The van der Waals surface area contributed by atoms with Gasteiger partial charge in [0.05, 0.1) is 6.54 Å². The van der Waals surface area contributed by atoms with Gasteiger partial charge in [0.1, 0.15) is 0 Å². The number of carbonyl (C=O) groups is 2. The Morgan fingerprint density at radius 3 is 2.58 bits per heavy atom. The van der Waals surface area contributed by atoms with Gasteiger partial charge in [-0.25, -0.2) is 0 Å². The van der Waals surface area contributed by atoms with Crippen LogP contribution in [-0.4, -0.2) is 30.3 Å². The molecule has 0 aliphatic heterocycles. The fourth-order valence-electron chi connectivity index (χ4n) is 1.78. The number of nitrogens with one attached hydrogen (secondary N) is 1. The zero-order chi connectivity index (χ0) is 14.4. The van der Waals surface area contributed by atoms with E-state index in [2.05, 4.69) is 5.32 Å². The minimum Gasteiger partial charge on any atom is -0.336 e. The highest BCUT2D eigenvalue weighted by Crippen LogP contribution is 2.17. The summed E-state index contributed by atoms with van der Waals surface area (Å²) in [4.78, 5) is 25.0. The van der Waals surface area contributed by atoms with Crippen LogP contribution in [0.5, 0.6) is 0 Å². The van der Waals surface area contributed by atoms with Crippen molar-refractivity contribution in [3.63, 3.8) is 0 Å². The Morgan fingerprint density at radius 2 is 1.95 bits per heavy atom. The van der Waals surface area contributed by atoms with Crippen LogP contribution in [0.25, 0.3) is 0 Å². The second-order valence-electron chi connectivity index (χ2n) is 4.80. The maximum Gasteiger partial charge on any atom is 0.243 e. The SMILES string of the molecule is CCCC(=O)N(C)CC(=O)Nc1cccc(C)c1C. The fraction of sp³-hybridized carbons (Fsp3) is 0.467. The lowest BCUT2D eigenvalue weighted by molar-refractivity contribution is -0.133. The van der Waals surface area contributed by atoms with Gasteiger partial charge in [0.15, 0.2) is 0 Å². The summed E-state index contributed by atoms with van der Waals surface area (Å²) < 4.78 is 0. The summed E-state index contributed by atoms with van der Waals surface area (Å²) in [6.07, 6.45) is 1.27. The zero-order valence-corrected chi connectivity index (χ0v) is 12.1. The molecule has 2 amide bonds. The first kappa shape index (κ1) is 15.2. The van der Waals surface area contributed by atoms with E-state index in [1.54, 1.807) is 7.05 Å². The summed E-state index contributed by atoms with van der Waals surface area (Å²) in [5.41, 5.74) is 2.99. The number of nitrogens with zero attached hydrogens (tertiary/aromatic N) is 1. The molecule has 0 heterocycles. The Labute approximate surface area is 114 Å². The molecule has 0 aromatic heterocycles. The van der Waals surface area contributed by atoms with Gasteiger partial charge in [-0.05, 0) is 37.5 Å². The van der Waals surface area contributed by atoms with Crippen molar-refractivity contribution in [1.29, 1.82) is 0 Å². The molecule has 0 unspecified atom stereocenters. The lowest BCUT2D eigenvalue weighted by Crippen LogP contribution is -2.34. The number of likely N-dealkylation sites (N-methyl/N-ethyl adjacent to an activating group) is 1. The monoisotopic (exact) mass is 262 g/mol.